The van der Waals surface area contributed by atoms with Crippen molar-refractivity contribution in [1.82, 2.24) is 9.55 Å². The first-order valence-electron chi connectivity index (χ1n) is 7.77. The number of pyridine rings is 1. The quantitative estimate of drug-likeness (QED) is 0.463. The Kier molecular flexibility index (Phi) is 4.71. The molecule has 0 saturated heterocycles. The summed E-state index contributed by atoms with van der Waals surface area (Å²) >= 11 is 10.4. The Morgan fingerprint density at radius 3 is 2.89 bits per heavy atom. The Hall–Kier alpha value is -2.29. The third-order valence-electron chi connectivity index (χ3n) is 4.06. The molecule has 0 fully saturated rings. The maximum absolute atomic E-state index is 14.5. The first kappa shape index (κ1) is 18.1. The second-order valence-electron chi connectivity index (χ2n) is 5.72. The molecular formula is C18H11BrClFN3O2S+. The van der Waals surface area contributed by atoms with E-state index in [2.05, 4.69) is 20.9 Å². The van der Waals surface area contributed by atoms with Crippen molar-refractivity contribution in [3.05, 3.63) is 78.8 Å². The van der Waals surface area contributed by atoms with Gasteiger partial charge in [0.2, 0.25) is 0 Å². The van der Waals surface area contributed by atoms with Crippen molar-refractivity contribution in [2.24, 2.45) is 0 Å². The number of rotatable bonds is 3. The van der Waals surface area contributed by atoms with Crippen molar-refractivity contribution < 1.29 is 13.9 Å². The molecule has 0 amide bonds. The zero-order valence-electron chi connectivity index (χ0n) is 13.6. The molecule has 0 spiro atoms. The zero-order valence-corrected chi connectivity index (χ0v) is 16.7. The molecular weight excluding hydrogens is 457 g/mol. The van der Waals surface area contributed by atoms with Crippen molar-refractivity contribution in [2.75, 3.05) is 0 Å². The molecule has 27 heavy (non-hydrogen) atoms. The molecule has 0 aliphatic rings. The number of fused-ring (bicyclic) bond motifs is 1. The number of aromatic nitrogens is 3. The van der Waals surface area contributed by atoms with Gasteiger partial charge in [-0.15, -0.1) is 11.3 Å². The summed E-state index contributed by atoms with van der Waals surface area (Å²) in [6.45, 7) is 0.229. The van der Waals surface area contributed by atoms with Crippen molar-refractivity contribution in [1.29, 1.82) is 0 Å². The van der Waals surface area contributed by atoms with Gasteiger partial charge in [0.05, 0.1) is 11.1 Å². The number of nitrogens with zero attached hydrogens (tertiary/aromatic N) is 3. The van der Waals surface area contributed by atoms with Crippen LogP contribution in [0.25, 0.3) is 16.8 Å². The van der Waals surface area contributed by atoms with Gasteiger partial charge in [0.1, 0.15) is 12.4 Å². The van der Waals surface area contributed by atoms with Gasteiger partial charge in [-0.3, -0.25) is 0 Å². The van der Waals surface area contributed by atoms with Crippen LogP contribution in [0.3, 0.4) is 0 Å². The van der Waals surface area contributed by atoms with Crippen molar-refractivity contribution in [3.8, 4) is 17.0 Å². The summed E-state index contributed by atoms with van der Waals surface area (Å²) in [5.74, 6) is -0.929. The summed E-state index contributed by atoms with van der Waals surface area (Å²) in [7, 11) is 0. The van der Waals surface area contributed by atoms with Crippen LogP contribution < -0.4 is 9.96 Å². The molecule has 0 aliphatic heterocycles. The lowest BCUT2D eigenvalue weighted by molar-refractivity contribution is -0.532. The van der Waals surface area contributed by atoms with Crippen molar-refractivity contribution in [3.63, 3.8) is 0 Å². The van der Waals surface area contributed by atoms with Crippen LogP contribution in [-0.4, -0.2) is 14.7 Å². The van der Waals surface area contributed by atoms with E-state index >= 15 is 0 Å². The number of benzene rings is 1. The minimum Gasteiger partial charge on any atom is -0.477 e. The lowest BCUT2D eigenvalue weighted by Crippen LogP contribution is -2.43. The highest BCUT2D eigenvalue weighted by Crippen LogP contribution is 2.31. The van der Waals surface area contributed by atoms with Gasteiger partial charge in [-0.1, -0.05) is 33.6 Å². The number of halogens is 3. The predicted molar refractivity (Wildman–Crippen MR) is 105 cm³/mol. The second kappa shape index (κ2) is 7.03. The first-order valence-corrected chi connectivity index (χ1v) is 9.76. The zero-order chi connectivity index (χ0) is 19.1. The van der Waals surface area contributed by atoms with E-state index in [-0.39, 0.29) is 23.6 Å². The van der Waals surface area contributed by atoms with E-state index in [1.165, 1.54) is 38.5 Å². The molecule has 4 aromatic rings. The molecule has 0 bridgehead atoms. The van der Waals surface area contributed by atoms with E-state index in [1.807, 2.05) is 0 Å². The molecule has 0 aliphatic carbocycles. The molecule has 0 atom stereocenters. The van der Waals surface area contributed by atoms with Gasteiger partial charge in [0, 0.05) is 22.3 Å². The molecule has 5 nitrogen and oxygen atoms in total. The van der Waals surface area contributed by atoms with E-state index in [0.29, 0.717) is 14.6 Å². The highest BCUT2D eigenvalue weighted by Gasteiger charge is 2.27. The summed E-state index contributed by atoms with van der Waals surface area (Å²) in [5.41, 5.74) is -0.156. The predicted octanol–water partition coefficient (Wildman–Crippen LogP) is 4.02. The Morgan fingerprint density at radius 2 is 2.15 bits per heavy atom. The van der Waals surface area contributed by atoms with Crippen LogP contribution in [0.2, 0.25) is 4.47 Å². The summed E-state index contributed by atoms with van der Waals surface area (Å²) in [5, 5.41) is 10.9. The molecule has 0 radical (unpaired) electrons. The van der Waals surface area contributed by atoms with Crippen LogP contribution in [0.5, 0.6) is 5.88 Å². The fourth-order valence-electron chi connectivity index (χ4n) is 2.88. The summed E-state index contributed by atoms with van der Waals surface area (Å²) in [6.07, 6.45) is 3.18. The van der Waals surface area contributed by atoms with Crippen LogP contribution in [0, 0.1) is 5.82 Å². The van der Waals surface area contributed by atoms with Gasteiger partial charge >= 0.3 is 5.56 Å². The minimum absolute atomic E-state index is 0.0150. The Labute approximate surface area is 170 Å². The maximum atomic E-state index is 14.5. The highest BCUT2D eigenvalue weighted by molar-refractivity contribution is 9.10. The largest absolute Gasteiger partial charge is 0.477 e. The Balaban J connectivity index is 2.05. The second-order valence-corrected chi connectivity index (χ2v) is 8.34. The fraction of sp³-hybridized carbons (Fsp3) is 0.0556. The monoisotopic (exact) mass is 466 g/mol. The molecule has 3 heterocycles. The topological polar surface area (TPSA) is 59.2 Å². The van der Waals surface area contributed by atoms with Gasteiger partial charge in [-0.25, -0.2) is 14.2 Å². The van der Waals surface area contributed by atoms with Gasteiger partial charge in [-0.05, 0) is 24.3 Å². The van der Waals surface area contributed by atoms with Crippen molar-refractivity contribution >= 4 is 44.5 Å². The third kappa shape index (κ3) is 3.24. The number of aromatic hydroxyl groups is 1. The average Bonchev–Trinajstić information content (AvgIpc) is 3.06. The molecule has 0 unspecified atom stereocenters. The van der Waals surface area contributed by atoms with Gasteiger partial charge in [0.25, 0.3) is 11.5 Å². The third-order valence-corrected chi connectivity index (χ3v) is 5.66. The lowest BCUT2D eigenvalue weighted by atomic mass is 10.1. The van der Waals surface area contributed by atoms with Crippen LogP contribution in [0.4, 0.5) is 4.39 Å². The normalized spacial score (nSPS) is 11.2. The molecule has 0 saturated carbocycles. The standard InChI is InChI=1S/C18H10BrClFN3O2S/c19-10-4-5-13(21)12(7-10)15-16(25)23-6-2-1-3-14(23)24(17(15)26)9-11-8-22-18(20)27-11/h1-8H,9H2/p+1. The minimum atomic E-state index is -0.603. The summed E-state index contributed by atoms with van der Waals surface area (Å²) in [6, 6.07) is 9.39. The van der Waals surface area contributed by atoms with Gasteiger partial charge < -0.3 is 5.11 Å². The fourth-order valence-corrected chi connectivity index (χ4v) is 4.21. The van der Waals surface area contributed by atoms with Crippen LogP contribution >= 0.6 is 38.9 Å². The van der Waals surface area contributed by atoms with Gasteiger partial charge in [-0.2, -0.15) is 8.97 Å². The van der Waals surface area contributed by atoms with Crippen molar-refractivity contribution in [2.45, 2.75) is 6.54 Å². The van der Waals surface area contributed by atoms with E-state index in [0.717, 1.165) is 4.88 Å². The highest BCUT2D eigenvalue weighted by atomic mass is 79.9. The first-order chi connectivity index (χ1) is 13.0. The SMILES string of the molecule is O=c1c(-c2cc(Br)ccc2F)c(O)n(Cc2cnc(Cl)s2)c2cccc[n+]12. The number of hydrogen-bond acceptors (Lipinski definition) is 4. The summed E-state index contributed by atoms with van der Waals surface area (Å²) < 4.78 is 18.3. The van der Waals surface area contributed by atoms with E-state index in [9.17, 15) is 14.3 Å². The van der Waals surface area contributed by atoms with Crippen LogP contribution in [-0.2, 0) is 6.54 Å². The molecule has 1 aromatic carbocycles. The molecule has 3 aromatic heterocycles. The van der Waals surface area contributed by atoms with Crippen LogP contribution in [0.1, 0.15) is 4.88 Å². The Morgan fingerprint density at radius 1 is 1.33 bits per heavy atom. The van der Waals surface area contributed by atoms with Gasteiger partial charge in [0.15, 0.2) is 10.0 Å². The molecule has 9 heteroatoms. The summed E-state index contributed by atoms with van der Waals surface area (Å²) in [4.78, 5) is 17.8. The molecule has 1 N–H and O–H groups in total. The number of thiazole rings is 1. The lowest BCUT2D eigenvalue weighted by Gasteiger charge is -2.10. The van der Waals surface area contributed by atoms with E-state index in [1.54, 1.807) is 30.6 Å². The van der Waals surface area contributed by atoms with Crippen LogP contribution in [0.15, 0.2) is 58.1 Å². The Bertz CT molecular complexity index is 1240. The molecule has 136 valence electrons. The molecule has 4 rings (SSSR count). The average molecular weight is 468 g/mol. The smallest absolute Gasteiger partial charge is 0.354 e. The number of hydrogen-bond donors (Lipinski definition) is 1. The van der Waals surface area contributed by atoms with E-state index < -0.39 is 11.4 Å². The van der Waals surface area contributed by atoms with E-state index in [4.69, 9.17) is 11.6 Å². The maximum Gasteiger partial charge on any atom is 0.354 e.